The van der Waals surface area contributed by atoms with Gasteiger partial charge in [0, 0.05) is 25.1 Å². The Morgan fingerprint density at radius 2 is 1.56 bits per heavy atom. The highest BCUT2D eigenvalue weighted by Crippen LogP contribution is 2.31. The summed E-state index contributed by atoms with van der Waals surface area (Å²) in [6.07, 6.45) is 14.2. The van der Waals surface area contributed by atoms with Crippen molar-refractivity contribution in [2.45, 2.75) is 50.5 Å². The maximum Gasteiger partial charge on any atom is 0.227 e. The summed E-state index contributed by atoms with van der Waals surface area (Å²) in [7, 11) is 0. The minimum Gasteiger partial charge on any atom is -0.487 e. The van der Waals surface area contributed by atoms with Gasteiger partial charge in [-0.25, -0.2) is 9.97 Å². The van der Waals surface area contributed by atoms with Crippen LogP contribution in [0, 0.1) is 0 Å². The fourth-order valence-electron chi connectivity index (χ4n) is 4.37. The van der Waals surface area contributed by atoms with Crippen molar-refractivity contribution in [3.05, 3.63) is 60.7 Å². The zero-order valence-electron chi connectivity index (χ0n) is 18.2. The average molecular weight is 432 g/mol. The SMILES string of the molecule is c1cc(Nc2cnc(Nc3ccc(C4CCOCC4)cc3)nc2)c(OC2CCCC2)cn1. The second-order valence-electron chi connectivity index (χ2n) is 8.45. The van der Waals surface area contributed by atoms with E-state index in [1.54, 1.807) is 24.8 Å². The topological polar surface area (TPSA) is 81.2 Å². The van der Waals surface area contributed by atoms with Crippen LogP contribution in [0.4, 0.5) is 23.0 Å². The third kappa shape index (κ3) is 5.16. The van der Waals surface area contributed by atoms with Gasteiger partial charge in [-0.1, -0.05) is 12.1 Å². The van der Waals surface area contributed by atoms with E-state index in [-0.39, 0.29) is 6.10 Å². The molecule has 2 aliphatic rings. The number of nitrogens with one attached hydrogen (secondary N) is 2. The van der Waals surface area contributed by atoms with Gasteiger partial charge in [0.2, 0.25) is 5.95 Å². The first-order valence-corrected chi connectivity index (χ1v) is 11.5. The van der Waals surface area contributed by atoms with Crippen LogP contribution in [0.5, 0.6) is 5.75 Å². The van der Waals surface area contributed by atoms with Gasteiger partial charge < -0.3 is 20.1 Å². The third-order valence-corrected chi connectivity index (χ3v) is 6.17. The van der Waals surface area contributed by atoms with Gasteiger partial charge in [-0.2, -0.15) is 0 Å². The number of pyridine rings is 1. The van der Waals surface area contributed by atoms with E-state index in [2.05, 4.69) is 49.9 Å². The van der Waals surface area contributed by atoms with Gasteiger partial charge in [0.05, 0.1) is 36.1 Å². The quantitative estimate of drug-likeness (QED) is 0.506. The molecule has 3 aromatic rings. The number of aromatic nitrogens is 3. The van der Waals surface area contributed by atoms with Crippen molar-refractivity contribution < 1.29 is 9.47 Å². The largest absolute Gasteiger partial charge is 0.487 e. The summed E-state index contributed by atoms with van der Waals surface area (Å²) in [5, 5.41) is 6.63. The molecule has 7 nitrogen and oxygen atoms in total. The number of nitrogens with zero attached hydrogens (tertiary/aromatic N) is 3. The summed E-state index contributed by atoms with van der Waals surface area (Å²) < 4.78 is 11.6. The maximum atomic E-state index is 6.15. The molecule has 166 valence electrons. The van der Waals surface area contributed by atoms with Crippen molar-refractivity contribution in [1.82, 2.24) is 15.0 Å². The molecule has 7 heteroatoms. The molecule has 1 saturated heterocycles. The van der Waals surface area contributed by atoms with Crippen LogP contribution in [0.15, 0.2) is 55.1 Å². The molecule has 1 aliphatic heterocycles. The molecule has 0 radical (unpaired) electrons. The van der Waals surface area contributed by atoms with E-state index >= 15 is 0 Å². The molecular weight excluding hydrogens is 402 g/mol. The van der Waals surface area contributed by atoms with Gasteiger partial charge in [0.1, 0.15) is 0 Å². The summed E-state index contributed by atoms with van der Waals surface area (Å²) in [5.74, 6) is 1.92. The number of hydrogen-bond donors (Lipinski definition) is 2. The van der Waals surface area contributed by atoms with Crippen molar-refractivity contribution in [3.63, 3.8) is 0 Å². The number of rotatable bonds is 7. The molecule has 2 aromatic heterocycles. The van der Waals surface area contributed by atoms with Crippen LogP contribution in [-0.4, -0.2) is 34.3 Å². The number of anilines is 4. The van der Waals surface area contributed by atoms with E-state index in [9.17, 15) is 0 Å². The van der Waals surface area contributed by atoms with Crippen LogP contribution in [0.3, 0.4) is 0 Å². The zero-order chi connectivity index (χ0) is 21.6. The lowest BCUT2D eigenvalue weighted by Gasteiger charge is -2.22. The van der Waals surface area contributed by atoms with Crippen LogP contribution >= 0.6 is 0 Å². The van der Waals surface area contributed by atoms with Gasteiger partial charge in [0.15, 0.2) is 5.75 Å². The van der Waals surface area contributed by atoms with E-state index in [1.807, 2.05) is 6.07 Å². The molecule has 32 heavy (non-hydrogen) atoms. The highest BCUT2D eigenvalue weighted by atomic mass is 16.5. The molecule has 0 spiro atoms. The average Bonchev–Trinajstić information content (AvgIpc) is 3.36. The van der Waals surface area contributed by atoms with Crippen LogP contribution < -0.4 is 15.4 Å². The summed E-state index contributed by atoms with van der Waals surface area (Å²) >= 11 is 0. The van der Waals surface area contributed by atoms with Crippen molar-refractivity contribution in [2.24, 2.45) is 0 Å². The first-order chi connectivity index (χ1) is 15.8. The minimum atomic E-state index is 0.278. The molecule has 1 aliphatic carbocycles. The van der Waals surface area contributed by atoms with Gasteiger partial charge in [-0.15, -0.1) is 0 Å². The van der Waals surface area contributed by atoms with E-state index in [0.29, 0.717) is 11.9 Å². The van der Waals surface area contributed by atoms with Gasteiger partial charge >= 0.3 is 0 Å². The van der Waals surface area contributed by atoms with E-state index in [0.717, 1.165) is 61.7 Å². The van der Waals surface area contributed by atoms with Crippen LogP contribution in [0.2, 0.25) is 0 Å². The minimum absolute atomic E-state index is 0.278. The summed E-state index contributed by atoms with van der Waals surface area (Å²) in [6, 6.07) is 10.5. The van der Waals surface area contributed by atoms with Gasteiger partial charge in [-0.3, -0.25) is 4.98 Å². The predicted octanol–water partition coefficient (Wildman–Crippen LogP) is 5.57. The smallest absolute Gasteiger partial charge is 0.227 e. The standard InChI is InChI=1S/C25H29N5O2/c1-2-4-22(3-1)32-24-17-26-12-9-23(24)29-21-15-27-25(28-16-21)30-20-7-5-18(6-8-20)19-10-13-31-14-11-19/h5-9,12,15-17,19,22H,1-4,10-11,13-14H2,(H,26,29)(H,27,28,30). The monoisotopic (exact) mass is 431 g/mol. The zero-order valence-corrected chi connectivity index (χ0v) is 18.2. The number of benzene rings is 1. The number of hydrogen-bond acceptors (Lipinski definition) is 7. The number of ether oxygens (including phenoxy) is 2. The maximum absolute atomic E-state index is 6.15. The molecule has 1 saturated carbocycles. The predicted molar refractivity (Wildman–Crippen MR) is 125 cm³/mol. The summed E-state index contributed by atoms with van der Waals surface area (Å²) in [5.41, 5.74) is 4.02. The van der Waals surface area contributed by atoms with Crippen molar-refractivity contribution in [2.75, 3.05) is 23.8 Å². The molecule has 2 fully saturated rings. The van der Waals surface area contributed by atoms with E-state index in [4.69, 9.17) is 9.47 Å². The van der Waals surface area contributed by atoms with Gasteiger partial charge in [0.25, 0.3) is 0 Å². The molecule has 5 rings (SSSR count). The molecule has 0 unspecified atom stereocenters. The summed E-state index contributed by atoms with van der Waals surface area (Å²) in [6.45, 7) is 1.71. The lowest BCUT2D eigenvalue weighted by atomic mass is 9.92. The Morgan fingerprint density at radius 3 is 2.31 bits per heavy atom. The first kappa shape index (κ1) is 20.7. The van der Waals surface area contributed by atoms with E-state index in [1.165, 1.54) is 18.4 Å². The lowest BCUT2D eigenvalue weighted by Crippen LogP contribution is -2.13. The van der Waals surface area contributed by atoms with E-state index < -0.39 is 0 Å². The molecule has 2 N–H and O–H groups in total. The third-order valence-electron chi connectivity index (χ3n) is 6.17. The Morgan fingerprint density at radius 1 is 0.812 bits per heavy atom. The Kier molecular flexibility index (Phi) is 6.44. The highest BCUT2D eigenvalue weighted by molar-refractivity contribution is 5.65. The molecule has 3 heterocycles. The second-order valence-corrected chi connectivity index (χ2v) is 8.45. The normalized spacial score (nSPS) is 17.2. The Hall–Kier alpha value is -3.19. The molecule has 1 aromatic carbocycles. The van der Waals surface area contributed by atoms with Crippen molar-refractivity contribution in [1.29, 1.82) is 0 Å². The Bertz CT molecular complexity index is 998. The second kappa shape index (κ2) is 9.96. The molecule has 0 amide bonds. The summed E-state index contributed by atoms with van der Waals surface area (Å²) in [4.78, 5) is 13.1. The lowest BCUT2D eigenvalue weighted by molar-refractivity contribution is 0.0853. The Labute approximate surface area is 188 Å². The highest BCUT2D eigenvalue weighted by Gasteiger charge is 2.18. The molecular formula is C25H29N5O2. The molecule has 0 bridgehead atoms. The van der Waals surface area contributed by atoms with Crippen LogP contribution in [-0.2, 0) is 4.74 Å². The fraction of sp³-hybridized carbons (Fsp3) is 0.400. The van der Waals surface area contributed by atoms with Crippen LogP contribution in [0.1, 0.15) is 50.0 Å². The van der Waals surface area contributed by atoms with Crippen molar-refractivity contribution >= 4 is 23.0 Å². The van der Waals surface area contributed by atoms with Gasteiger partial charge in [-0.05, 0) is 68.2 Å². The molecule has 0 atom stereocenters. The van der Waals surface area contributed by atoms with Crippen LogP contribution in [0.25, 0.3) is 0 Å². The fourth-order valence-corrected chi connectivity index (χ4v) is 4.37. The Balaban J connectivity index is 1.20. The first-order valence-electron chi connectivity index (χ1n) is 11.5. The van der Waals surface area contributed by atoms with Crippen molar-refractivity contribution in [3.8, 4) is 5.75 Å².